The molecule has 1 aliphatic rings. The lowest BCUT2D eigenvalue weighted by molar-refractivity contribution is 0.414. The van der Waals surface area contributed by atoms with E-state index in [1.54, 1.807) is 7.11 Å². The van der Waals surface area contributed by atoms with Crippen molar-refractivity contribution in [2.24, 2.45) is 0 Å². The molecule has 1 aromatic carbocycles. The van der Waals surface area contributed by atoms with Crippen molar-refractivity contribution in [3.63, 3.8) is 0 Å². The number of benzene rings is 1. The fourth-order valence-electron chi connectivity index (χ4n) is 1.52. The van der Waals surface area contributed by atoms with Gasteiger partial charge >= 0.3 is 0 Å². The summed E-state index contributed by atoms with van der Waals surface area (Å²) in [6.07, 6.45) is 10.2. The Hall–Kier alpha value is -1.96. The lowest BCUT2D eigenvalue weighted by Gasteiger charge is -2.03. The normalized spacial score (nSPS) is 12.9. The quantitative estimate of drug-likeness (QED) is 0.830. The van der Waals surface area contributed by atoms with Crippen molar-refractivity contribution in [3.05, 3.63) is 65.9 Å². The third kappa shape index (κ3) is 2.76. The molecular formula is C14H15NO. The van der Waals surface area contributed by atoms with Gasteiger partial charge in [-0.15, -0.1) is 0 Å². The molecule has 0 heterocycles. The van der Waals surface area contributed by atoms with E-state index < -0.39 is 0 Å². The van der Waals surface area contributed by atoms with Gasteiger partial charge in [-0.3, -0.25) is 0 Å². The highest BCUT2D eigenvalue weighted by molar-refractivity contribution is 5.39. The molecule has 2 rings (SSSR count). The highest BCUT2D eigenvalue weighted by Crippen LogP contribution is 2.11. The molecular weight excluding hydrogens is 198 g/mol. The van der Waals surface area contributed by atoms with E-state index in [0.29, 0.717) is 0 Å². The van der Waals surface area contributed by atoms with Crippen molar-refractivity contribution in [2.45, 2.75) is 6.54 Å². The molecule has 82 valence electrons. The van der Waals surface area contributed by atoms with Crippen molar-refractivity contribution in [3.8, 4) is 5.75 Å². The predicted octanol–water partition coefficient (Wildman–Crippen LogP) is 2.79. The molecule has 0 atom stereocenters. The minimum atomic E-state index is 0.829. The number of ether oxygens (including phenoxy) is 1. The molecule has 0 aromatic heterocycles. The largest absolute Gasteiger partial charge is 0.497 e. The smallest absolute Gasteiger partial charge is 0.118 e. The summed E-state index contributed by atoms with van der Waals surface area (Å²) in [7, 11) is 1.68. The Balaban J connectivity index is 1.87. The number of nitrogens with one attached hydrogen (secondary N) is 1. The van der Waals surface area contributed by atoms with Crippen molar-refractivity contribution < 1.29 is 4.74 Å². The highest BCUT2D eigenvalue weighted by atomic mass is 16.5. The molecule has 0 fully saturated rings. The van der Waals surface area contributed by atoms with Crippen LogP contribution in [0.4, 0.5) is 0 Å². The molecule has 0 aliphatic heterocycles. The second-order valence-corrected chi connectivity index (χ2v) is 3.59. The Labute approximate surface area is 95.9 Å². The van der Waals surface area contributed by atoms with Gasteiger partial charge in [-0.25, -0.2) is 0 Å². The lowest BCUT2D eigenvalue weighted by Crippen LogP contribution is -2.04. The fraction of sp³-hybridized carbons (Fsp3) is 0.143. The monoisotopic (exact) mass is 213 g/mol. The first-order valence-electron chi connectivity index (χ1n) is 5.30. The van der Waals surface area contributed by atoms with E-state index in [-0.39, 0.29) is 0 Å². The first-order chi connectivity index (χ1) is 7.88. The van der Waals surface area contributed by atoms with Gasteiger partial charge in [0.15, 0.2) is 0 Å². The molecule has 0 radical (unpaired) electrons. The Kier molecular flexibility index (Phi) is 3.44. The zero-order valence-electron chi connectivity index (χ0n) is 9.31. The van der Waals surface area contributed by atoms with Gasteiger partial charge in [0.1, 0.15) is 5.75 Å². The topological polar surface area (TPSA) is 21.3 Å². The fourth-order valence-corrected chi connectivity index (χ4v) is 1.52. The van der Waals surface area contributed by atoms with E-state index in [1.165, 1.54) is 11.1 Å². The molecule has 0 unspecified atom stereocenters. The van der Waals surface area contributed by atoms with Crippen LogP contribution in [0.25, 0.3) is 0 Å². The second-order valence-electron chi connectivity index (χ2n) is 3.59. The summed E-state index contributed by atoms with van der Waals surface area (Å²) in [6, 6.07) is 8.06. The molecule has 1 aliphatic carbocycles. The van der Waals surface area contributed by atoms with Crippen LogP contribution in [0.15, 0.2) is 60.3 Å². The molecule has 2 heteroatoms. The van der Waals surface area contributed by atoms with Crippen LogP contribution in [0.1, 0.15) is 5.56 Å². The van der Waals surface area contributed by atoms with E-state index >= 15 is 0 Å². The van der Waals surface area contributed by atoms with E-state index in [1.807, 2.05) is 30.5 Å². The molecule has 1 aromatic rings. The molecule has 16 heavy (non-hydrogen) atoms. The lowest BCUT2D eigenvalue weighted by atomic mass is 10.2. The van der Waals surface area contributed by atoms with Crippen LogP contribution in [0.5, 0.6) is 5.75 Å². The zero-order valence-corrected chi connectivity index (χ0v) is 9.31. The standard InChI is InChI=1S/C14H15NO/c1-16-14-8-6-13(7-9-14)11-15-10-12-4-2-3-5-12/h2-10,15H,11H2,1H3. The maximum Gasteiger partial charge on any atom is 0.118 e. The van der Waals surface area contributed by atoms with Gasteiger partial charge < -0.3 is 10.1 Å². The summed E-state index contributed by atoms with van der Waals surface area (Å²) >= 11 is 0. The Bertz CT molecular complexity index is 413. The molecule has 0 saturated heterocycles. The SMILES string of the molecule is COc1ccc(CNC=C2C=CC=C2)cc1. The first-order valence-corrected chi connectivity index (χ1v) is 5.30. The predicted molar refractivity (Wildman–Crippen MR) is 66.2 cm³/mol. The van der Waals surface area contributed by atoms with Gasteiger partial charge in [-0.05, 0) is 23.3 Å². The molecule has 2 nitrogen and oxygen atoms in total. The summed E-state index contributed by atoms with van der Waals surface area (Å²) in [5.74, 6) is 0.892. The van der Waals surface area contributed by atoms with Crippen LogP contribution in [0.3, 0.4) is 0 Å². The summed E-state index contributed by atoms with van der Waals surface area (Å²) in [6.45, 7) is 0.829. The average molecular weight is 213 g/mol. The zero-order chi connectivity index (χ0) is 11.2. The summed E-state index contributed by atoms with van der Waals surface area (Å²) in [4.78, 5) is 0. The van der Waals surface area contributed by atoms with E-state index in [4.69, 9.17) is 4.74 Å². The molecule has 0 saturated carbocycles. The Morgan fingerprint density at radius 3 is 2.44 bits per heavy atom. The molecule has 0 bridgehead atoms. The minimum absolute atomic E-state index is 0.829. The number of rotatable bonds is 4. The van der Waals surface area contributed by atoms with Gasteiger partial charge in [0.2, 0.25) is 0 Å². The van der Waals surface area contributed by atoms with Crippen molar-refractivity contribution in [2.75, 3.05) is 7.11 Å². The second kappa shape index (κ2) is 5.21. The number of hydrogen-bond acceptors (Lipinski definition) is 2. The minimum Gasteiger partial charge on any atom is -0.497 e. The van der Waals surface area contributed by atoms with E-state index in [9.17, 15) is 0 Å². The van der Waals surface area contributed by atoms with Gasteiger partial charge in [0, 0.05) is 12.7 Å². The van der Waals surface area contributed by atoms with Crippen LogP contribution in [-0.2, 0) is 6.54 Å². The summed E-state index contributed by atoms with van der Waals surface area (Å²) in [5, 5.41) is 3.28. The first kappa shape index (κ1) is 10.6. The summed E-state index contributed by atoms with van der Waals surface area (Å²) < 4.78 is 5.10. The van der Waals surface area contributed by atoms with Gasteiger partial charge in [-0.1, -0.05) is 36.4 Å². The van der Waals surface area contributed by atoms with Crippen molar-refractivity contribution >= 4 is 0 Å². The highest BCUT2D eigenvalue weighted by Gasteiger charge is 1.94. The third-order valence-corrected chi connectivity index (χ3v) is 2.42. The Morgan fingerprint density at radius 2 is 1.81 bits per heavy atom. The number of allylic oxidation sites excluding steroid dienone is 5. The van der Waals surface area contributed by atoms with Crippen LogP contribution in [0, 0.1) is 0 Å². The van der Waals surface area contributed by atoms with Crippen LogP contribution < -0.4 is 10.1 Å². The molecule has 0 spiro atoms. The van der Waals surface area contributed by atoms with Crippen molar-refractivity contribution in [1.82, 2.24) is 5.32 Å². The molecule has 1 N–H and O–H groups in total. The van der Waals surface area contributed by atoms with Crippen LogP contribution in [-0.4, -0.2) is 7.11 Å². The van der Waals surface area contributed by atoms with Crippen LogP contribution in [0.2, 0.25) is 0 Å². The summed E-state index contributed by atoms with van der Waals surface area (Å²) in [5.41, 5.74) is 2.44. The van der Waals surface area contributed by atoms with Crippen LogP contribution >= 0.6 is 0 Å². The van der Waals surface area contributed by atoms with Gasteiger partial charge in [0.05, 0.1) is 7.11 Å². The van der Waals surface area contributed by atoms with E-state index in [2.05, 4.69) is 29.6 Å². The number of methoxy groups -OCH3 is 1. The Morgan fingerprint density at radius 1 is 1.12 bits per heavy atom. The van der Waals surface area contributed by atoms with Gasteiger partial charge in [0.25, 0.3) is 0 Å². The third-order valence-electron chi connectivity index (χ3n) is 2.42. The maximum absolute atomic E-state index is 5.10. The molecule has 0 amide bonds. The van der Waals surface area contributed by atoms with E-state index in [0.717, 1.165) is 12.3 Å². The number of hydrogen-bond donors (Lipinski definition) is 1. The van der Waals surface area contributed by atoms with Crippen molar-refractivity contribution in [1.29, 1.82) is 0 Å². The van der Waals surface area contributed by atoms with Gasteiger partial charge in [-0.2, -0.15) is 0 Å². The maximum atomic E-state index is 5.10. The average Bonchev–Trinajstić information content (AvgIpc) is 2.83.